The lowest BCUT2D eigenvalue weighted by molar-refractivity contribution is -0.134. The third kappa shape index (κ3) is 7.92. The molecule has 9 nitrogen and oxygen atoms in total. The van der Waals surface area contributed by atoms with Gasteiger partial charge in [0.2, 0.25) is 0 Å². The van der Waals surface area contributed by atoms with E-state index < -0.39 is 17.7 Å². The van der Waals surface area contributed by atoms with Crippen molar-refractivity contribution in [3.05, 3.63) is 94.3 Å². The predicted molar refractivity (Wildman–Crippen MR) is 149 cm³/mol. The summed E-state index contributed by atoms with van der Waals surface area (Å²) >= 11 is 0. The number of esters is 1. The van der Waals surface area contributed by atoms with Crippen molar-refractivity contribution in [3.63, 3.8) is 0 Å². The molecule has 3 aromatic rings. The lowest BCUT2D eigenvalue weighted by Crippen LogP contribution is -2.36. The molecule has 1 aromatic heterocycles. The van der Waals surface area contributed by atoms with Gasteiger partial charge in [-0.25, -0.2) is 9.59 Å². The zero-order valence-electron chi connectivity index (χ0n) is 23.1. The number of benzene rings is 2. The number of amides is 1. The quantitative estimate of drug-likeness (QED) is 0.259. The van der Waals surface area contributed by atoms with Crippen molar-refractivity contribution in [2.24, 2.45) is 0 Å². The first-order valence-electron chi connectivity index (χ1n) is 12.4. The average molecular weight is 539 g/mol. The van der Waals surface area contributed by atoms with Gasteiger partial charge >= 0.3 is 12.1 Å². The lowest BCUT2D eigenvalue weighted by atomic mass is 10.1. The lowest BCUT2D eigenvalue weighted by Gasteiger charge is -2.28. The summed E-state index contributed by atoms with van der Waals surface area (Å²) in [7, 11) is 1.28. The van der Waals surface area contributed by atoms with Crippen LogP contribution < -0.4 is 9.64 Å². The Balaban J connectivity index is 2.07. The highest BCUT2D eigenvalue weighted by Gasteiger charge is 2.25. The van der Waals surface area contributed by atoms with Crippen LogP contribution in [0.4, 0.5) is 10.5 Å². The maximum atomic E-state index is 13.3. The minimum Gasteiger partial charge on any atom is -0.486 e. The molecule has 0 aliphatic heterocycles. The summed E-state index contributed by atoms with van der Waals surface area (Å²) in [6, 6.07) is 17.8. The van der Waals surface area contributed by atoms with Gasteiger partial charge in [-0.3, -0.25) is 9.88 Å². The van der Waals surface area contributed by atoms with Crippen LogP contribution in [0.25, 0.3) is 6.08 Å². The molecule has 1 heterocycles. The van der Waals surface area contributed by atoms with Gasteiger partial charge < -0.3 is 14.2 Å². The Labute approximate surface area is 233 Å². The molecule has 0 saturated carbocycles. The molecule has 0 fully saturated rings. The number of aryl methyl sites for hydroxylation is 1. The van der Waals surface area contributed by atoms with E-state index in [0.29, 0.717) is 39.4 Å². The molecule has 3 rings (SSSR count). The number of carbonyl (C=O) groups is 2. The van der Waals surface area contributed by atoms with Crippen molar-refractivity contribution in [3.8, 4) is 17.9 Å². The molecule has 204 valence electrons. The molecule has 0 bridgehead atoms. The highest BCUT2D eigenvalue weighted by atomic mass is 16.6. The number of hydrogen-bond donors (Lipinski definition) is 0. The maximum Gasteiger partial charge on any atom is 0.415 e. The maximum absolute atomic E-state index is 13.3. The summed E-state index contributed by atoms with van der Waals surface area (Å²) in [5, 5.41) is 18.4. The van der Waals surface area contributed by atoms with E-state index in [2.05, 4.69) is 17.1 Å². The molecule has 0 N–H and O–H groups in total. The van der Waals surface area contributed by atoms with Crippen molar-refractivity contribution < 1.29 is 23.8 Å². The van der Waals surface area contributed by atoms with Crippen LogP contribution >= 0.6 is 0 Å². The van der Waals surface area contributed by atoms with Gasteiger partial charge in [-0.1, -0.05) is 12.1 Å². The summed E-state index contributed by atoms with van der Waals surface area (Å²) < 4.78 is 16.6. The zero-order chi connectivity index (χ0) is 29.3. The van der Waals surface area contributed by atoms with E-state index in [-0.39, 0.29) is 13.2 Å². The fourth-order valence-electron chi connectivity index (χ4n) is 3.70. The van der Waals surface area contributed by atoms with Gasteiger partial charge in [0.1, 0.15) is 18.0 Å². The molecule has 1 amide bonds. The summed E-state index contributed by atoms with van der Waals surface area (Å²) in [5.74, 6) is -0.159. The molecule has 0 saturated heterocycles. The van der Waals surface area contributed by atoms with Crippen molar-refractivity contribution in [1.82, 2.24) is 4.98 Å². The van der Waals surface area contributed by atoms with E-state index in [1.54, 1.807) is 82.4 Å². The second kappa shape index (κ2) is 13.1. The molecule has 40 heavy (non-hydrogen) atoms. The van der Waals surface area contributed by atoms with Crippen LogP contribution in [0.1, 0.15) is 54.3 Å². The third-order valence-corrected chi connectivity index (χ3v) is 5.61. The van der Waals surface area contributed by atoms with Crippen LogP contribution in [-0.4, -0.2) is 29.8 Å². The van der Waals surface area contributed by atoms with Crippen LogP contribution in [-0.2, 0) is 27.4 Å². The smallest absolute Gasteiger partial charge is 0.415 e. The molecule has 0 radical (unpaired) electrons. The second-order valence-electron chi connectivity index (χ2n) is 9.79. The van der Waals surface area contributed by atoms with E-state index in [0.717, 1.165) is 5.56 Å². The second-order valence-corrected chi connectivity index (χ2v) is 9.79. The van der Waals surface area contributed by atoms with Gasteiger partial charge in [-0.05, 0) is 75.7 Å². The average Bonchev–Trinajstić information content (AvgIpc) is 2.93. The number of hydrogen-bond acceptors (Lipinski definition) is 8. The number of nitriles is 2. The molecule has 9 heteroatoms. The van der Waals surface area contributed by atoms with Gasteiger partial charge in [0.15, 0.2) is 0 Å². The third-order valence-electron chi connectivity index (χ3n) is 5.61. The molecule has 0 aliphatic carbocycles. The summed E-state index contributed by atoms with van der Waals surface area (Å²) in [6.45, 7) is 7.25. The summed E-state index contributed by atoms with van der Waals surface area (Å²) in [5.41, 5.74) is 3.14. The first-order valence-corrected chi connectivity index (χ1v) is 12.4. The highest BCUT2D eigenvalue weighted by molar-refractivity contribution is 5.89. The Hall–Kier alpha value is -5.15. The number of carbonyl (C=O) groups excluding carboxylic acids is 2. The van der Waals surface area contributed by atoms with Gasteiger partial charge in [0.05, 0.1) is 42.6 Å². The first kappa shape index (κ1) is 29.4. The van der Waals surface area contributed by atoms with Crippen molar-refractivity contribution in [2.45, 2.75) is 46.4 Å². The molecule has 0 atom stereocenters. The topological polar surface area (TPSA) is 126 Å². The molecule has 0 unspecified atom stereocenters. The summed E-state index contributed by atoms with van der Waals surface area (Å²) in [6.07, 6.45) is 3.83. The van der Waals surface area contributed by atoms with Gasteiger partial charge in [0, 0.05) is 29.1 Å². The van der Waals surface area contributed by atoms with Gasteiger partial charge in [0.25, 0.3) is 0 Å². The Bertz CT molecular complexity index is 1490. The van der Waals surface area contributed by atoms with Gasteiger partial charge in [-0.2, -0.15) is 10.5 Å². The number of ether oxygens (including phenoxy) is 3. The number of methoxy groups -OCH3 is 1. The van der Waals surface area contributed by atoms with E-state index in [1.807, 2.05) is 6.07 Å². The largest absolute Gasteiger partial charge is 0.486 e. The van der Waals surface area contributed by atoms with E-state index >= 15 is 0 Å². The predicted octanol–water partition coefficient (Wildman–Crippen LogP) is 5.84. The molecule has 0 aliphatic rings. The van der Waals surface area contributed by atoms with Crippen LogP contribution in [0.5, 0.6) is 5.75 Å². The SMILES string of the molecule is COC(=O)C=Cc1c(CN(C(=O)OC(C)(C)C)c2ccc(C#N)cc2)cnc(C)c1OCc1cccc(C#N)c1. The van der Waals surface area contributed by atoms with Gasteiger partial charge in [-0.15, -0.1) is 0 Å². The standard InChI is InChI=1S/C31H30N4O5/c1-21-29(39-20-24-8-6-7-23(15-24)17-33)27(13-14-28(36)38-5)25(18-34-21)19-35(30(37)40-31(2,3)4)26-11-9-22(16-32)10-12-26/h6-15,18H,19-20H2,1-5H3. The minimum atomic E-state index is -0.757. The Morgan fingerprint density at radius 3 is 2.38 bits per heavy atom. The fourth-order valence-corrected chi connectivity index (χ4v) is 3.70. The van der Waals surface area contributed by atoms with E-state index in [4.69, 9.17) is 14.2 Å². The Kier molecular flexibility index (Phi) is 9.61. The molecular weight excluding hydrogens is 508 g/mol. The fraction of sp³-hybridized carbons (Fsp3) is 0.258. The number of anilines is 1. The highest BCUT2D eigenvalue weighted by Crippen LogP contribution is 2.31. The normalized spacial score (nSPS) is 10.9. The van der Waals surface area contributed by atoms with Crippen molar-refractivity contribution in [2.75, 3.05) is 12.0 Å². The Morgan fingerprint density at radius 2 is 1.75 bits per heavy atom. The number of rotatable bonds is 8. The summed E-state index contributed by atoms with van der Waals surface area (Å²) in [4.78, 5) is 31.3. The van der Waals surface area contributed by atoms with Crippen molar-refractivity contribution >= 4 is 23.8 Å². The van der Waals surface area contributed by atoms with Crippen molar-refractivity contribution in [1.29, 1.82) is 10.5 Å². The van der Waals surface area contributed by atoms with E-state index in [9.17, 15) is 20.1 Å². The minimum absolute atomic E-state index is 0.0230. The van der Waals surface area contributed by atoms with Crippen LogP contribution in [0.3, 0.4) is 0 Å². The number of pyridine rings is 1. The molecular formula is C31H30N4O5. The van der Waals surface area contributed by atoms with Crippen LogP contribution in [0, 0.1) is 29.6 Å². The Morgan fingerprint density at radius 1 is 1.05 bits per heavy atom. The monoisotopic (exact) mass is 538 g/mol. The van der Waals surface area contributed by atoms with Crippen LogP contribution in [0.2, 0.25) is 0 Å². The molecule has 2 aromatic carbocycles. The number of nitrogens with zero attached hydrogens (tertiary/aromatic N) is 4. The first-order chi connectivity index (χ1) is 19.0. The van der Waals surface area contributed by atoms with Crippen LogP contribution in [0.15, 0.2) is 60.8 Å². The van der Waals surface area contributed by atoms with E-state index in [1.165, 1.54) is 18.1 Å². The number of aromatic nitrogens is 1. The zero-order valence-corrected chi connectivity index (χ0v) is 23.1. The molecule has 0 spiro atoms.